The van der Waals surface area contributed by atoms with Gasteiger partial charge in [0.2, 0.25) is 0 Å². The van der Waals surface area contributed by atoms with Crippen LogP contribution in [0.4, 0.5) is 0 Å². The van der Waals surface area contributed by atoms with Gasteiger partial charge in [0.05, 0.1) is 0 Å². The average Bonchev–Trinajstić information content (AvgIpc) is 1.99. The summed E-state index contributed by atoms with van der Waals surface area (Å²) >= 11 is 7.65. The Morgan fingerprint density at radius 3 is 2.15 bits per heavy atom. The third-order valence-corrected chi connectivity index (χ3v) is 1.54. The monoisotopic (exact) mass is 270 g/mol. The number of nitrogens with two attached hydrogens (primary N) is 1. The summed E-state index contributed by atoms with van der Waals surface area (Å²) in [7, 11) is 0. The predicted molar refractivity (Wildman–Crippen MR) is 64.4 cm³/mol. The summed E-state index contributed by atoms with van der Waals surface area (Å²) < 4.78 is 0.194. The number of unbranched alkanes of at least 4 members (excludes halogenated alkanes) is 1. The van der Waals surface area contributed by atoms with E-state index in [-0.39, 0.29) is 23.8 Å². The molecule has 2 N–H and O–H groups in total. The van der Waals surface area contributed by atoms with E-state index in [1.807, 2.05) is 0 Å². The summed E-state index contributed by atoms with van der Waals surface area (Å²) in [6, 6.07) is 0. The Labute approximate surface area is 106 Å². The van der Waals surface area contributed by atoms with E-state index in [2.05, 4.69) is 45.6 Å². The van der Waals surface area contributed by atoms with E-state index in [1.54, 1.807) is 0 Å². The van der Waals surface area contributed by atoms with E-state index in [0.29, 0.717) is 5.92 Å². The van der Waals surface area contributed by atoms with E-state index in [4.69, 9.17) is 5.73 Å². The largest absolute Gasteiger partial charge is 0.385 e. The van der Waals surface area contributed by atoms with E-state index in [9.17, 15) is 0 Å². The standard InChI is InChI=1S/C8H17.CH3NS2.Zn/c1-4-6-7-8(3)5-2;2-1(3)4;/h8H,3-7H2,1-2H3;(H3,2,3,4);/q-1;;. The normalized spacial score (nSPS) is 10.5. The third kappa shape index (κ3) is 32.2. The molecule has 0 fully saturated rings. The molecule has 0 aromatic rings. The summed E-state index contributed by atoms with van der Waals surface area (Å²) in [6.45, 7) is 8.42. The van der Waals surface area contributed by atoms with Crippen LogP contribution in [0.15, 0.2) is 0 Å². The van der Waals surface area contributed by atoms with E-state index >= 15 is 0 Å². The van der Waals surface area contributed by atoms with Crippen LogP contribution >= 0.6 is 24.8 Å². The maximum absolute atomic E-state index is 4.71. The van der Waals surface area contributed by atoms with Gasteiger partial charge in [-0.1, -0.05) is 51.7 Å². The van der Waals surface area contributed by atoms with Gasteiger partial charge in [-0.3, -0.25) is 0 Å². The van der Waals surface area contributed by atoms with Crippen molar-refractivity contribution in [2.75, 3.05) is 0 Å². The second kappa shape index (κ2) is 15.3. The Morgan fingerprint density at radius 2 is 1.92 bits per heavy atom. The van der Waals surface area contributed by atoms with Crippen molar-refractivity contribution in [2.45, 2.75) is 39.5 Å². The average molecular weight is 272 g/mol. The second-order valence-electron chi connectivity index (χ2n) is 2.75. The fourth-order valence-electron chi connectivity index (χ4n) is 0.697. The van der Waals surface area contributed by atoms with Gasteiger partial charge >= 0.3 is 0 Å². The fourth-order valence-corrected chi connectivity index (χ4v) is 0.697. The van der Waals surface area contributed by atoms with Gasteiger partial charge in [0.15, 0.2) is 0 Å². The first-order valence-electron chi connectivity index (χ1n) is 4.36. The van der Waals surface area contributed by atoms with Crippen molar-refractivity contribution in [3.8, 4) is 0 Å². The van der Waals surface area contributed by atoms with Gasteiger partial charge in [-0.05, 0) is 0 Å². The molecular weight excluding hydrogens is 252 g/mol. The minimum Gasteiger partial charge on any atom is -0.385 e. The minimum atomic E-state index is 0. The maximum Gasteiger partial charge on any atom is 0.128 e. The quantitative estimate of drug-likeness (QED) is 0.355. The van der Waals surface area contributed by atoms with Crippen LogP contribution in [-0.2, 0) is 19.5 Å². The Kier molecular flexibility index (Phi) is 22.9. The van der Waals surface area contributed by atoms with Crippen LogP contribution in [0.25, 0.3) is 0 Å². The van der Waals surface area contributed by atoms with Crippen molar-refractivity contribution in [3.05, 3.63) is 6.92 Å². The summed E-state index contributed by atoms with van der Waals surface area (Å²) in [5.41, 5.74) is 4.71. The molecule has 0 heterocycles. The van der Waals surface area contributed by atoms with Gasteiger partial charge < -0.3 is 12.7 Å². The molecule has 0 aliphatic heterocycles. The zero-order valence-corrected chi connectivity index (χ0v) is 13.4. The van der Waals surface area contributed by atoms with Gasteiger partial charge in [0.1, 0.15) is 4.32 Å². The van der Waals surface area contributed by atoms with Crippen molar-refractivity contribution in [2.24, 2.45) is 11.7 Å². The first kappa shape index (κ1) is 19.4. The van der Waals surface area contributed by atoms with Crippen molar-refractivity contribution in [1.82, 2.24) is 0 Å². The van der Waals surface area contributed by atoms with Gasteiger partial charge in [0.25, 0.3) is 0 Å². The Morgan fingerprint density at radius 1 is 1.54 bits per heavy atom. The zero-order chi connectivity index (χ0) is 9.98. The molecule has 76 valence electrons. The Balaban J connectivity index is -0.000000173. The number of hydrogen-bond donors (Lipinski definition) is 2. The van der Waals surface area contributed by atoms with E-state index < -0.39 is 0 Å². The minimum absolute atomic E-state index is 0. The van der Waals surface area contributed by atoms with E-state index in [1.165, 1.54) is 25.7 Å². The van der Waals surface area contributed by atoms with Gasteiger partial charge in [-0.25, -0.2) is 0 Å². The molecule has 0 bridgehead atoms. The summed E-state index contributed by atoms with van der Waals surface area (Å²) in [4.78, 5) is 0. The van der Waals surface area contributed by atoms with E-state index in [0.717, 1.165) is 0 Å². The van der Waals surface area contributed by atoms with Crippen molar-refractivity contribution in [1.29, 1.82) is 0 Å². The summed E-state index contributed by atoms with van der Waals surface area (Å²) in [6.07, 6.45) is 5.21. The molecule has 0 amide bonds. The molecule has 0 saturated carbocycles. The molecule has 1 nitrogen and oxygen atoms in total. The maximum atomic E-state index is 4.71. The van der Waals surface area contributed by atoms with Crippen molar-refractivity contribution in [3.63, 3.8) is 0 Å². The molecule has 1 atom stereocenters. The van der Waals surface area contributed by atoms with Crippen LogP contribution in [0.5, 0.6) is 0 Å². The molecule has 0 spiro atoms. The van der Waals surface area contributed by atoms with Crippen LogP contribution in [0.3, 0.4) is 0 Å². The SMILES string of the molecule is NC(=S)S.[CH2-]C(CC)CCCC.[Zn]. The number of rotatable bonds is 4. The van der Waals surface area contributed by atoms with Crippen LogP contribution in [-0.4, -0.2) is 4.32 Å². The second-order valence-corrected chi connectivity index (χ2v) is 3.98. The first-order valence-corrected chi connectivity index (χ1v) is 5.21. The van der Waals surface area contributed by atoms with Gasteiger partial charge in [-0.2, -0.15) is 5.92 Å². The van der Waals surface area contributed by atoms with Gasteiger partial charge in [0, 0.05) is 19.5 Å². The molecule has 1 unspecified atom stereocenters. The molecule has 0 aliphatic rings. The van der Waals surface area contributed by atoms with Crippen molar-refractivity contribution >= 4 is 29.2 Å². The number of hydrogen-bond acceptors (Lipinski definition) is 1. The van der Waals surface area contributed by atoms with Crippen LogP contribution < -0.4 is 5.73 Å². The molecular formula is C9H20NS2Zn-. The summed E-state index contributed by atoms with van der Waals surface area (Å²) in [5.74, 6) is 0.704. The first-order chi connectivity index (χ1) is 5.54. The fraction of sp³-hybridized carbons (Fsp3) is 0.778. The predicted octanol–water partition coefficient (Wildman–Crippen LogP) is 3.19. The van der Waals surface area contributed by atoms with Crippen LogP contribution in [0.1, 0.15) is 39.5 Å². The Bertz CT molecular complexity index is 106. The topological polar surface area (TPSA) is 26.0 Å². The molecule has 13 heavy (non-hydrogen) atoms. The summed E-state index contributed by atoms with van der Waals surface area (Å²) in [5, 5.41) is 0. The molecule has 0 saturated heterocycles. The third-order valence-electron chi connectivity index (χ3n) is 1.54. The Hall–Kier alpha value is 0.863. The van der Waals surface area contributed by atoms with Crippen molar-refractivity contribution < 1.29 is 19.5 Å². The number of thiocarbonyl (C=S) groups is 1. The molecule has 0 aliphatic carbocycles. The smallest absolute Gasteiger partial charge is 0.128 e. The number of thiol groups is 1. The van der Waals surface area contributed by atoms with Crippen LogP contribution in [0, 0.1) is 12.8 Å². The molecule has 0 rings (SSSR count). The molecule has 0 aromatic carbocycles. The van der Waals surface area contributed by atoms with Crippen LogP contribution in [0.2, 0.25) is 0 Å². The molecule has 4 heteroatoms. The molecule has 0 radical (unpaired) electrons. The zero-order valence-electron chi connectivity index (χ0n) is 8.75. The van der Waals surface area contributed by atoms with Gasteiger partial charge in [-0.15, -0.1) is 12.6 Å². The molecule has 0 aromatic heterocycles.